The van der Waals surface area contributed by atoms with Crippen molar-refractivity contribution in [1.82, 2.24) is 10.6 Å². The summed E-state index contributed by atoms with van der Waals surface area (Å²) in [4.78, 5) is 71.6. The van der Waals surface area contributed by atoms with Crippen LogP contribution in [0.3, 0.4) is 0 Å². The van der Waals surface area contributed by atoms with Crippen molar-refractivity contribution in [2.75, 3.05) is 36.9 Å². The van der Waals surface area contributed by atoms with E-state index in [4.69, 9.17) is 9.47 Å². The summed E-state index contributed by atoms with van der Waals surface area (Å²) in [6, 6.07) is 23.5. The lowest BCUT2D eigenvalue weighted by molar-refractivity contribution is -0.384. The highest BCUT2D eigenvalue weighted by Crippen LogP contribution is 2.25. The molecule has 0 heterocycles. The van der Waals surface area contributed by atoms with Crippen molar-refractivity contribution in [3.05, 3.63) is 128 Å². The molecule has 0 saturated heterocycles. The molecule has 0 fully saturated rings. The lowest BCUT2D eigenvalue weighted by atomic mass is 10.2. The highest BCUT2D eigenvalue weighted by atomic mass is 16.6. The van der Waals surface area contributed by atoms with E-state index in [9.17, 15) is 39.4 Å². The number of para-hydroxylation sites is 6. The zero-order valence-corrected chi connectivity index (χ0v) is 25.0. The minimum atomic E-state index is -0.674. The van der Waals surface area contributed by atoms with Crippen LogP contribution in [-0.4, -0.2) is 59.8 Å². The minimum absolute atomic E-state index is 0.000197. The molecule has 246 valence electrons. The number of carbonyl (C=O) groups is 4. The van der Waals surface area contributed by atoms with Crippen LogP contribution in [0.1, 0.15) is 20.7 Å². The van der Waals surface area contributed by atoms with E-state index in [1.54, 1.807) is 24.3 Å². The molecule has 0 spiro atoms. The van der Waals surface area contributed by atoms with Crippen LogP contribution in [0, 0.1) is 20.2 Å². The summed E-state index contributed by atoms with van der Waals surface area (Å²) in [5, 5.41) is 32.5. The molecule has 0 radical (unpaired) electrons. The van der Waals surface area contributed by atoms with Crippen LogP contribution in [0.4, 0.5) is 22.7 Å². The quantitative estimate of drug-likeness (QED) is 0.0825. The van der Waals surface area contributed by atoms with Gasteiger partial charge in [-0.2, -0.15) is 0 Å². The fourth-order valence-corrected chi connectivity index (χ4v) is 4.24. The second-order valence-corrected chi connectivity index (χ2v) is 9.73. The van der Waals surface area contributed by atoms with Gasteiger partial charge in [0, 0.05) is 25.2 Å². The van der Waals surface area contributed by atoms with Gasteiger partial charge in [0.1, 0.15) is 22.9 Å². The number of amides is 4. The van der Waals surface area contributed by atoms with Gasteiger partial charge < -0.3 is 30.7 Å². The van der Waals surface area contributed by atoms with Crippen LogP contribution in [0.5, 0.6) is 11.5 Å². The minimum Gasteiger partial charge on any atom is -0.483 e. The maximum Gasteiger partial charge on any atom is 0.292 e. The first-order chi connectivity index (χ1) is 23.1. The van der Waals surface area contributed by atoms with Gasteiger partial charge in [-0.3, -0.25) is 39.4 Å². The molecule has 0 aliphatic carbocycles. The first kappa shape index (κ1) is 34.0. The molecule has 0 atom stereocenters. The van der Waals surface area contributed by atoms with Gasteiger partial charge in [0.05, 0.1) is 21.0 Å². The molecule has 0 bridgehead atoms. The van der Waals surface area contributed by atoms with Crippen LogP contribution in [0.25, 0.3) is 0 Å². The molecule has 4 aromatic rings. The molecule has 0 aliphatic rings. The van der Waals surface area contributed by atoms with Crippen molar-refractivity contribution >= 4 is 46.4 Å². The SMILES string of the molecule is O=C(COc1ccccc1C(=O)NCCNC(=O)c1ccccc1OCC(=O)Nc1ccccc1[N+](=O)[O-])Nc1ccccc1[N+](=O)[O-]. The Hall–Kier alpha value is -6.84. The van der Waals surface area contributed by atoms with Crippen LogP contribution < -0.4 is 30.7 Å². The molecule has 0 aliphatic heterocycles. The fourth-order valence-electron chi connectivity index (χ4n) is 4.24. The van der Waals surface area contributed by atoms with E-state index < -0.39 is 46.7 Å². The Bertz CT molecular complexity index is 1710. The summed E-state index contributed by atoms with van der Waals surface area (Å²) in [6.45, 7) is -1.03. The average Bonchev–Trinajstić information content (AvgIpc) is 3.08. The fraction of sp³-hybridized carbons (Fsp3) is 0.125. The molecular weight excluding hydrogens is 628 g/mol. The van der Waals surface area contributed by atoms with E-state index >= 15 is 0 Å². The number of hydrogen-bond acceptors (Lipinski definition) is 10. The first-order valence-electron chi connectivity index (χ1n) is 14.2. The van der Waals surface area contributed by atoms with Crippen molar-refractivity contribution in [2.45, 2.75) is 0 Å². The van der Waals surface area contributed by atoms with Gasteiger partial charge in [-0.25, -0.2) is 0 Å². The second kappa shape index (κ2) is 16.5. The molecule has 16 nitrogen and oxygen atoms in total. The summed E-state index contributed by atoms with van der Waals surface area (Å²) in [6.07, 6.45) is 0. The van der Waals surface area contributed by atoms with Gasteiger partial charge in [-0.1, -0.05) is 48.5 Å². The molecule has 4 aromatic carbocycles. The van der Waals surface area contributed by atoms with Crippen LogP contribution in [0.15, 0.2) is 97.1 Å². The van der Waals surface area contributed by atoms with Crippen molar-refractivity contribution in [2.24, 2.45) is 0 Å². The number of anilines is 2. The summed E-state index contributed by atoms with van der Waals surface area (Å²) in [7, 11) is 0. The van der Waals surface area contributed by atoms with Crippen LogP contribution >= 0.6 is 0 Å². The predicted octanol–water partition coefficient (Wildman–Crippen LogP) is 3.70. The zero-order valence-electron chi connectivity index (χ0n) is 25.0. The van der Waals surface area contributed by atoms with Crippen molar-refractivity contribution in [3.8, 4) is 11.5 Å². The summed E-state index contributed by atoms with van der Waals surface area (Å²) >= 11 is 0. The van der Waals surface area contributed by atoms with E-state index in [2.05, 4.69) is 21.3 Å². The first-order valence-corrected chi connectivity index (χ1v) is 14.2. The zero-order chi connectivity index (χ0) is 34.5. The third-order valence-electron chi connectivity index (χ3n) is 6.43. The van der Waals surface area contributed by atoms with Crippen molar-refractivity contribution < 1.29 is 38.5 Å². The Labute approximate surface area is 272 Å². The predicted molar refractivity (Wildman–Crippen MR) is 172 cm³/mol. The maximum atomic E-state index is 12.9. The average molecular weight is 657 g/mol. The number of nitro benzene ring substituents is 2. The lowest BCUT2D eigenvalue weighted by Gasteiger charge is -2.13. The number of hydrogen-bond donors (Lipinski definition) is 4. The normalized spacial score (nSPS) is 10.2. The van der Waals surface area contributed by atoms with Crippen molar-refractivity contribution in [1.29, 1.82) is 0 Å². The molecule has 0 aromatic heterocycles. The number of nitrogens with zero attached hydrogens (tertiary/aromatic N) is 2. The highest BCUT2D eigenvalue weighted by molar-refractivity contribution is 5.99. The van der Waals surface area contributed by atoms with Gasteiger partial charge in [0.2, 0.25) is 0 Å². The third-order valence-corrected chi connectivity index (χ3v) is 6.43. The molecule has 4 N–H and O–H groups in total. The molecule has 0 saturated carbocycles. The van der Waals surface area contributed by atoms with E-state index in [0.29, 0.717) is 0 Å². The largest absolute Gasteiger partial charge is 0.483 e. The smallest absolute Gasteiger partial charge is 0.292 e. The summed E-state index contributed by atoms with van der Waals surface area (Å²) in [5.41, 5.74) is -0.342. The maximum absolute atomic E-state index is 12.9. The van der Waals surface area contributed by atoms with Crippen molar-refractivity contribution in [3.63, 3.8) is 0 Å². The number of ether oxygens (including phenoxy) is 2. The van der Waals surface area contributed by atoms with E-state index in [1.165, 1.54) is 72.8 Å². The summed E-state index contributed by atoms with van der Waals surface area (Å²) in [5.74, 6) is -2.26. The molecule has 0 unspecified atom stereocenters. The Morgan fingerprint density at radius 1 is 0.542 bits per heavy atom. The van der Waals surface area contributed by atoms with Gasteiger partial charge >= 0.3 is 0 Å². The van der Waals surface area contributed by atoms with E-state index in [1.807, 2.05) is 0 Å². The van der Waals surface area contributed by atoms with Crippen LogP contribution in [0.2, 0.25) is 0 Å². The molecule has 4 rings (SSSR count). The Balaban J connectivity index is 1.25. The highest BCUT2D eigenvalue weighted by Gasteiger charge is 2.19. The van der Waals surface area contributed by atoms with E-state index in [-0.39, 0.29) is 58.5 Å². The topological polar surface area (TPSA) is 221 Å². The lowest BCUT2D eigenvalue weighted by Crippen LogP contribution is -2.35. The number of carbonyl (C=O) groups excluding carboxylic acids is 4. The second-order valence-electron chi connectivity index (χ2n) is 9.73. The van der Waals surface area contributed by atoms with Gasteiger partial charge in [-0.15, -0.1) is 0 Å². The number of rotatable bonds is 15. The molecule has 4 amide bonds. The number of benzene rings is 4. The molecular formula is C32H28N6O10. The Morgan fingerprint density at radius 3 is 1.29 bits per heavy atom. The van der Waals surface area contributed by atoms with Gasteiger partial charge in [-0.05, 0) is 36.4 Å². The Kier molecular flexibility index (Phi) is 11.7. The monoisotopic (exact) mass is 656 g/mol. The number of nitrogens with one attached hydrogen (secondary N) is 4. The number of nitro groups is 2. The Morgan fingerprint density at radius 2 is 0.896 bits per heavy atom. The third kappa shape index (κ3) is 9.33. The standard InChI is InChI=1S/C32H28N6O10/c39-29(35-23-11-3-5-13-25(23)37(43)44)19-47-27-15-7-1-9-21(27)31(41)33-17-18-34-32(42)22-10-2-8-16-28(22)48-20-30(40)36-24-12-4-6-14-26(24)38(45)46/h1-16H,17-20H2,(H,33,41)(H,34,42)(H,35,39)(H,36,40). The molecule has 16 heteroatoms. The van der Waals surface area contributed by atoms with Gasteiger partial charge in [0.15, 0.2) is 13.2 Å². The van der Waals surface area contributed by atoms with Crippen LogP contribution in [-0.2, 0) is 9.59 Å². The molecule has 48 heavy (non-hydrogen) atoms. The summed E-state index contributed by atoms with van der Waals surface area (Å²) < 4.78 is 11.0. The van der Waals surface area contributed by atoms with Gasteiger partial charge in [0.25, 0.3) is 35.0 Å². The van der Waals surface area contributed by atoms with E-state index in [0.717, 1.165) is 0 Å².